The molecule has 0 spiro atoms. The second-order valence-corrected chi connectivity index (χ2v) is 7.55. The molecule has 0 saturated carbocycles. The Morgan fingerprint density at radius 3 is 2.39 bits per heavy atom. The number of carbonyl (C=O) groups is 2. The molecule has 0 aromatic heterocycles. The summed E-state index contributed by atoms with van der Waals surface area (Å²) in [5.74, 6) is -2.26. The summed E-state index contributed by atoms with van der Waals surface area (Å²) in [7, 11) is 0. The number of hydrogen-bond acceptors (Lipinski definition) is 6. The maximum atomic E-state index is 13.1. The van der Waals surface area contributed by atoms with Gasteiger partial charge in [-0.25, -0.2) is 0 Å². The van der Waals surface area contributed by atoms with Crippen LogP contribution in [0.2, 0.25) is 0 Å². The van der Waals surface area contributed by atoms with Crippen molar-refractivity contribution < 1.29 is 19.6 Å². The first-order valence-electron chi connectivity index (χ1n) is 9.94. The fourth-order valence-electron chi connectivity index (χ4n) is 3.87. The molecule has 1 amide bonds. The number of aliphatic hydroxyl groups excluding tert-OH is 1. The van der Waals surface area contributed by atoms with Gasteiger partial charge in [-0.05, 0) is 36.8 Å². The van der Waals surface area contributed by atoms with Gasteiger partial charge in [0, 0.05) is 23.4 Å². The topological polar surface area (TPSA) is 125 Å². The fourth-order valence-corrected chi connectivity index (χ4v) is 3.87. The third-order valence-corrected chi connectivity index (χ3v) is 5.41. The number of anilines is 1. The Hall–Kier alpha value is -4.77. The van der Waals surface area contributed by atoms with Crippen LogP contribution in [0.3, 0.4) is 0 Å². The highest BCUT2D eigenvalue weighted by Crippen LogP contribution is 2.42. The van der Waals surface area contributed by atoms with E-state index in [9.17, 15) is 24.8 Å². The Morgan fingerprint density at radius 1 is 1.06 bits per heavy atom. The first kappa shape index (κ1) is 21.5. The van der Waals surface area contributed by atoms with Gasteiger partial charge in [-0.1, -0.05) is 42.0 Å². The van der Waals surface area contributed by atoms with Crippen molar-refractivity contribution >= 4 is 28.8 Å². The standard InChI is InChI=1S/C25H17N3O5/c1-15-4-2-5-17(12-15)22-21(23(29)18-6-3-7-20(13-18)28(32)33)24(30)25(31)27(22)19-10-8-16(14-26)9-11-19/h2-13,22,29H,1H3/b23-21-. The van der Waals surface area contributed by atoms with E-state index in [0.717, 1.165) is 11.6 Å². The lowest BCUT2D eigenvalue weighted by Crippen LogP contribution is -2.29. The lowest BCUT2D eigenvalue weighted by Gasteiger charge is -2.25. The van der Waals surface area contributed by atoms with Crippen molar-refractivity contribution in [3.63, 3.8) is 0 Å². The number of nitrogens with zero attached hydrogens (tertiary/aromatic N) is 3. The Balaban J connectivity index is 1.95. The van der Waals surface area contributed by atoms with E-state index >= 15 is 0 Å². The van der Waals surface area contributed by atoms with Gasteiger partial charge in [0.25, 0.3) is 17.4 Å². The minimum atomic E-state index is -0.961. The van der Waals surface area contributed by atoms with E-state index in [2.05, 4.69) is 0 Å². The van der Waals surface area contributed by atoms with Gasteiger partial charge in [0.05, 0.1) is 28.2 Å². The molecule has 1 heterocycles. The van der Waals surface area contributed by atoms with Gasteiger partial charge in [0.15, 0.2) is 0 Å². The molecule has 0 bridgehead atoms. The molecule has 1 saturated heterocycles. The summed E-state index contributed by atoms with van der Waals surface area (Å²) in [6, 6.07) is 19.6. The largest absolute Gasteiger partial charge is 0.507 e. The zero-order valence-electron chi connectivity index (χ0n) is 17.4. The molecule has 1 atom stereocenters. The zero-order valence-corrected chi connectivity index (χ0v) is 17.4. The van der Waals surface area contributed by atoms with E-state index < -0.39 is 28.4 Å². The molecule has 3 aromatic rings. The van der Waals surface area contributed by atoms with E-state index in [1.807, 2.05) is 19.1 Å². The highest BCUT2D eigenvalue weighted by Gasteiger charge is 2.47. The van der Waals surface area contributed by atoms with Crippen molar-refractivity contribution in [3.8, 4) is 6.07 Å². The van der Waals surface area contributed by atoms with Gasteiger partial charge in [-0.15, -0.1) is 0 Å². The number of non-ortho nitro benzene ring substituents is 1. The van der Waals surface area contributed by atoms with Crippen LogP contribution in [0.15, 0.2) is 78.4 Å². The molecular weight excluding hydrogens is 422 g/mol. The number of benzene rings is 3. The Bertz CT molecular complexity index is 1370. The summed E-state index contributed by atoms with van der Waals surface area (Å²) in [6.45, 7) is 1.86. The highest BCUT2D eigenvalue weighted by atomic mass is 16.6. The normalized spacial score (nSPS) is 17.1. The number of aliphatic hydroxyl groups is 1. The quantitative estimate of drug-likeness (QED) is 0.211. The number of amides is 1. The third kappa shape index (κ3) is 3.83. The second-order valence-electron chi connectivity index (χ2n) is 7.55. The number of nitro groups is 1. The van der Waals surface area contributed by atoms with Crippen LogP contribution in [0.5, 0.6) is 0 Å². The first-order valence-corrected chi connectivity index (χ1v) is 9.94. The van der Waals surface area contributed by atoms with Crippen molar-refractivity contribution in [1.82, 2.24) is 0 Å². The molecule has 8 heteroatoms. The van der Waals surface area contributed by atoms with Crippen molar-refractivity contribution in [2.45, 2.75) is 13.0 Å². The first-order chi connectivity index (χ1) is 15.8. The van der Waals surface area contributed by atoms with Crippen molar-refractivity contribution in [2.24, 2.45) is 0 Å². The monoisotopic (exact) mass is 439 g/mol. The molecule has 8 nitrogen and oxygen atoms in total. The molecule has 0 aliphatic carbocycles. The van der Waals surface area contributed by atoms with E-state index in [0.29, 0.717) is 16.8 Å². The van der Waals surface area contributed by atoms with Gasteiger partial charge in [-0.3, -0.25) is 24.6 Å². The average Bonchev–Trinajstić information content (AvgIpc) is 3.09. The van der Waals surface area contributed by atoms with Crippen LogP contribution in [0.25, 0.3) is 5.76 Å². The summed E-state index contributed by atoms with van der Waals surface area (Å²) in [5.41, 5.74) is 1.86. The number of carbonyl (C=O) groups excluding carboxylic acids is 2. The number of nitriles is 1. The Labute approximate surface area is 188 Å². The van der Waals surface area contributed by atoms with E-state index in [1.54, 1.807) is 30.3 Å². The molecule has 1 fully saturated rings. The maximum absolute atomic E-state index is 13.1. The van der Waals surface area contributed by atoms with Gasteiger partial charge in [0.2, 0.25) is 0 Å². The van der Waals surface area contributed by atoms with E-state index in [4.69, 9.17) is 5.26 Å². The van der Waals surface area contributed by atoms with Crippen LogP contribution >= 0.6 is 0 Å². The number of ketones is 1. The van der Waals surface area contributed by atoms with Gasteiger partial charge in [-0.2, -0.15) is 5.26 Å². The SMILES string of the molecule is Cc1cccc(C2/C(=C(/O)c3cccc([N+](=O)[O-])c3)C(=O)C(=O)N2c2ccc(C#N)cc2)c1. The molecule has 1 unspecified atom stereocenters. The van der Waals surface area contributed by atoms with E-state index in [1.165, 1.54) is 35.2 Å². The molecule has 4 rings (SSSR count). The summed E-state index contributed by atoms with van der Waals surface area (Å²) in [4.78, 5) is 38.1. The molecule has 33 heavy (non-hydrogen) atoms. The smallest absolute Gasteiger partial charge is 0.300 e. The number of rotatable bonds is 4. The minimum Gasteiger partial charge on any atom is -0.507 e. The minimum absolute atomic E-state index is 0.0553. The lowest BCUT2D eigenvalue weighted by atomic mass is 9.94. The molecular formula is C25H17N3O5. The van der Waals surface area contributed by atoms with Crippen molar-refractivity contribution in [3.05, 3.63) is 111 Å². The third-order valence-electron chi connectivity index (χ3n) is 5.41. The summed E-state index contributed by atoms with van der Waals surface area (Å²) < 4.78 is 0. The van der Waals surface area contributed by atoms with Crippen LogP contribution in [-0.4, -0.2) is 21.7 Å². The van der Waals surface area contributed by atoms with Crippen LogP contribution in [-0.2, 0) is 9.59 Å². The molecule has 1 aliphatic rings. The van der Waals surface area contributed by atoms with Crippen LogP contribution in [0.4, 0.5) is 11.4 Å². The molecule has 3 aromatic carbocycles. The number of Topliss-reactive ketones (excluding diaryl/α,β-unsaturated/α-hetero) is 1. The van der Waals surface area contributed by atoms with Gasteiger partial charge >= 0.3 is 0 Å². The van der Waals surface area contributed by atoms with Gasteiger partial charge in [0.1, 0.15) is 5.76 Å². The summed E-state index contributed by atoms with van der Waals surface area (Å²) in [5, 5.41) is 31.3. The second kappa shape index (κ2) is 8.40. The van der Waals surface area contributed by atoms with Gasteiger partial charge < -0.3 is 5.11 Å². The molecule has 1 N–H and O–H groups in total. The van der Waals surface area contributed by atoms with Crippen molar-refractivity contribution in [2.75, 3.05) is 4.90 Å². The van der Waals surface area contributed by atoms with Crippen LogP contribution in [0, 0.1) is 28.4 Å². The lowest BCUT2D eigenvalue weighted by molar-refractivity contribution is -0.384. The summed E-state index contributed by atoms with van der Waals surface area (Å²) >= 11 is 0. The highest BCUT2D eigenvalue weighted by molar-refractivity contribution is 6.51. The fraction of sp³-hybridized carbons (Fsp3) is 0.0800. The Morgan fingerprint density at radius 2 is 1.76 bits per heavy atom. The maximum Gasteiger partial charge on any atom is 0.300 e. The van der Waals surface area contributed by atoms with Crippen LogP contribution in [0.1, 0.15) is 28.3 Å². The Kier molecular flexibility index (Phi) is 5.46. The predicted octanol–water partition coefficient (Wildman–Crippen LogP) is 4.40. The van der Waals surface area contributed by atoms with Crippen molar-refractivity contribution in [1.29, 1.82) is 5.26 Å². The molecule has 1 aliphatic heterocycles. The average molecular weight is 439 g/mol. The van der Waals surface area contributed by atoms with Crippen LogP contribution < -0.4 is 4.90 Å². The number of hydrogen-bond donors (Lipinski definition) is 1. The number of nitro benzene ring substituents is 1. The number of aryl methyl sites for hydroxylation is 1. The van der Waals surface area contributed by atoms with E-state index in [-0.39, 0.29) is 16.8 Å². The summed E-state index contributed by atoms with van der Waals surface area (Å²) in [6.07, 6.45) is 0. The zero-order chi connectivity index (χ0) is 23.7. The molecule has 162 valence electrons. The molecule has 0 radical (unpaired) electrons. The predicted molar refractivity (Wildman–Crippen MR) is 120 cm³/mol.